The van der Waals surface area contributed by atoms with Gasteiger partial charge >= 0.3 is 0 Å². The average molecular weight is 370 g/mol. The SMILES string of the molecule is CCCCOCCOCCNC(=NCC(C)(O)c1cnn(C)c1)NCC. The van der Waals surface area contributed by atoms with Crippen LogP contribution in [0.1, 0.15) is 39.2 Å². The van der Waals surface area contributed by atoms with Crippen molar-refractivity contribution in [2.75, 3.05) is 46.1 Å². The third-order valence-corrected chi connectivity index (χ3v) is 3.77. The molecule has 8 nitrogen and oxygen atoms in total. The molecule has 1 unspecified atom stereocenters. The second-order valence-corrected chi connectivity index (χ2v) is 6.38. The van der Waals surface area contributed by atoms with E-state index in [2.05, 4.69) is 27.6 Å². The first-order chi connectivity index (χ1) is 12.5. The number of aliphatic imine (C=N–C) groups is 1. The summed E-state index contributed by atoms with van der Waals surface area (Å²) in [6.07, 6.45) is 5.69. The van der Waals surface area contributed by atoms with Crippen molar-refractivity contribution < 1.29 is 14.6 Å². The van der Waals surface area contributed by atoms with Crippen LogP contribution in [0.3, 0.4) is 0 Å². The van der Waals surface area contributed by atoms with Gasteiger partial charge in [0.05, 0.1) is 32.6 Å². The maximum absolute atomic E-state index is 10.6. The lowest BCUT2D eigenvalue weighted by Crippen LogP contribution is -2.40. The van der Waals surface area contributed by atoms with Gasteiger partial charge in [-0.2, -0.15) is 5.10 Å². The Bertz CT molecular complexity index is 517. The predicted octanol–water partition coefficient (Wildman–Crippen LogP) is 1.02. The Morgan fingerprint density at radius 1 is 1.23 bits per heavy atom. The molecule has 0 aliphatic carbocycles. The van der Waals surface area contributed by atoms with Crippen molar-refractivity contribution in [3.05, 3.63) is 18.0 Å². The Balaban J connectivity index is 2.30. The summed E-state index contributed by atoms with van der Waals surface area (Å²) >= 11 is 0. The van der Waals surface area contributed by atoms with Crippen LogP contribution in [0.25, 0.3) is 0 Å². The summed E-state index contributed by atoms with van der Waals surface area (Å²) in [6.45, 7) is 10.1. The Morgan fingerprint density at radius 2 is 1.96 bits per heavy atom. The van der Waals surface area contributed by atoms with E-state index >= 15 is 0 Å². The fourth-order valence-corrected chi connectivity index (χ4v) is 2.18. The number of nitrogens with one attached hydrogen (secondary N) is 2. The van der Waals surface area contributed by atoms with Gasteiger partial charge in [-0.3, -0.25) is 4.68 Å². The van der Waals surface area contributed by atoms with Crippen molar-refractivity contribution in [3.63, 3.8) is 0 Å². The van der Waals surface area contributed by atoms with E-state index in [1.165, 1.54) is 0 Å². The number of nitrogens with zero attached hydrogens (tertiary/aromatic N) is 3. The minimum Gasteiger partial charge on any atom is -0.383 e. The van der Waals surface area contributed by atoms with Crippen LogP contribution in [0.5, 0.6) is 0 Å². The quantitative estimate of drug-likeness (QED) is 0.273. The molecule has 0 radical (unpaired) electrons. The monoisotopic (exact) mass is 369 g/mol. The maximum Gasteiger partial charge on any atom is 0.191 e. The maximum atomic E-state index is 10.6. The molecule has 0 amide bonds. The van der Waals surface area contributed by atoms with E-state index in [1.54, 1.807) is 24.0 Å². The first kappa shape index (κ1) is 22.4. The first-order valence-electron chi connectivity index (χ1n) is 9.38. The van der Waals surface area contributed by atoms with Gasteiger partial charge in [-0.05, 0) is 20.3 Å². The molecule has 1 rings (SSSR count). The molecule has 8 heteroatoms. The van der Waals surface area contributed by atoms with Crippen molar-refractivity contribution in [1.29, 1.82) is 0 Å². The van der Waals surface area contributed by atoms with Crippen LogP contribution in [0, 0.1) is 0 Å². The first-order valence-corrected chi connectivity index (χ1v) is 9.38. The van der Waals surface area contributed by atoms with Crippen LogP contribution in [0.4, 0.5) is 0 Å². The Labute approximate surface area is 157 Å². The fourth-order valence-electron chi connectivity index (χ4n) is 2.18. The third-order valence-electron chi connectivity index (χ3n) is 3.77. The van der Waals surface area contributed by atoms with Crippen molar-refractivity contribution >= 4 is 5.96 Å². The molecule has 1 aromatic rings. The van der Waals surface area contributed by atoms with E-state index in [-0.39, 0.29) is 6.54 Å². The van der Waals surface area contributed by atoms with E-state index in [0.717, 1.165) is 31.6 Å². The number of guanidine groups is 1. The summed E-state index contributed by atoms with van der Waals surface area (Å²) in [5, 5.41) is 21.1. The number of rotatable bonds is 13. The highest BCUT2D eigenvalue weighted by atomic mass is 16.5. The van der Waals surface area contributed by atoms with Gasteiger partial charge in [0, 0.05) is 38.5 Å². The Hall–Kier alpha value is -1.64. The van der Waals surface area contributed by atoms with Crippen molar-refractivity contribution in [1.82, 2.24) is 20.4 Å². The third kappa shape index (κ3) is 9.17. The van der Waals surface area contributed by atoms with E-state index in [0.29, 0.717) is 32.3 Å². The number of hydrogen-bond donors (Lipinski definition) is 3. The van der Waals surface area contributed by atoms with E-state index in [1.807, 2.05) is 14.0 Å². The fraction of sp³-hybridized carbons (Fsp3) is 0.778. The molecule has 0 aliphatic rings. The highest BCUT2D eigenvalue weighted by Gasteiger charge is 2.24. The normalized spacial score (nSPS) is 14.3. The van der Waals surface area contributed by atoms with Gasteiger partial charge in [0.2, 0.25) is 0 Å². The summed E-state index contributed by atoms with van der Waals surface area (Å²) in [6, 6.07) is 0. The molecule has 0 fully saturated rings. The lowest BCUT2D eigenvalue weighted by molar-refractivity contribution is 0.0486. The van der Waals surface area contributed by atoms with E-state index < -0.39 is 5.60 Å². The van der Waals surface area contributed by atoms with Crippen molar-refractivity contribution in [2.24, 2.45) is 12.0 Å². The number of aryl methyl sites for hydroxylation is 1. The second kappa shape index (κ2) is 12.7. The Morgan fingerprint density at radius 3 is 2.58 bits per heavy atom. The van der Waals surface area contributed by atoms with Gasteiger partial charge in [-0.1, -0.05) is 13.3 Å². The summed E-state index contributed by atoms with van der Waals surface area (Å²) < 4.78 is 12.6. The molecule has 1 aromatic heterocycles. The molecule has 150 valence electrons. The molecular weight excluding hydrogens is 334 g/mol. The highest BCUT2D eigenvalue weighted by molar-refractivity contribution is 5.79. The van der Waals surface area contributed by atoms with Crippen LogP contribution in [0.15, 0.2) is 17.4 Å². The Kier molecular flexibility index (Phi) is 10.9. The summed E-state index contributed by atoms with van der Waals surface area (Å²) in [5.74, 6) is 0.652. The second-order valence-electron chi connectivity index (χ2n) is 6.38. The van der Waals surface area contributed by atoms with Crippen LogP contribution in [0.2, 0.25) is 0 Å². The van der Waals surface area contributed by atoms with Gasteiger partial charge in [0.1, 0.15) is 5.60 Å². The molecule has 3 N–H and O–H groups in total. The molecule has 0 aliphatic heterocycles. The largest absolute Gasteiger partial charge is 0.383 e. The molecule has 0 saturated carbocycles. The summed E-state index contributed by atoms with van der Waals surface area (Å²) in [4.78, 5) is 4.47. The lowest BCUT2D eigenvalue weighted by atomic mass is 10.0. The zero-order valence-corrected chi connectivity index (χ0v) is 16.6. The lowest BCUT2D eigenvalue weighted by Gasteiger charge is -2.20. The molecule has 0 spiro atoms. The smallest absolute Gasteiger partial charge is 0.191 e. The molecule has 1 heterocycles. The van der Waals surface area contributed by atoms with Gasteiger partial charge < -0.3 is 25.2 Å². The molecule has 0 aromatic carbocycles. The van der Waals surface area contributed by atoms with E-state index in [9.17, 15) is 5.11 Å². The van der Waals surface area contributed by atoms with Crippen molar-refractivity contribution in [2.45, 2.75) is 39.2 Å². The molecule has 1 atom stereocenters. The predicted molar refractivity (Wildman–Crippen MR) is 103 cm³/mol. The summed E-state index contributed by atoms with van der Waals surface area (Å²) in [5.41, 5.74) is -0.325. The van der Waals surface area contributed by atoms with Gasteiger partial charge in [-0.25, -0.2) is 4.99 Å². The zero-order chi connectivity index (χ0) is 19.3. The molecule has 0 bridgehead atoms. The number of aliphatic hydroxyl groups is 1. The van der Waals surface area contributed by atoms with Crippen LogP contribution in [-0.2, 0) is 22.1 Å². The molecule has 0 saturated heterocycles. The van der Waals surface area contributed by atoms with Gasteiger partial charge in [-0.15, -0.1) is 0 Å². The zero-order valence-electron chi connectivity index (χ0n) is 16.6. The van der Waals surface area contributed by atoms with Gasteiger partial charge in [0.25, 0.3) is 0 Å². The average Bonchev–Trinajstić information content (AvgIpc) is 3.05. The molecular formula is C18H35N5O3. The van der Waals surface area contributed by atoms with Crippen LogP contribution in [-0.4, -0.2) is 66.9 Å². The van der Waals surface area contributed by atoms with E-state index in [4.69, 9.17) is 9.47 Å². The highest BCUT2D eigenvalue weighted by Crippen LogP contribution is 2.19. The standard InChI is InChI=1S/C18H35N5O3/c1-5-7-9-25-11-12-26-10-8-20-17(19-6-2)21-15-18(3,24)16-13-22-23(4)14-16/h13-14,24H,5-12,15H2,1-4H3,(H2,19,20,21). The number of unbranched alkanes of at least 4 members (excludes halogenated alkanes) is 1. The van der Waals surface area contributed by atoms with Crippen molar-refractivity contribution in [3.8, 4) is 0 Å². The number of hydrogen-bond acceptors (Lipinski definition) is 5. The number of aromatic nitrogens is 2. The van der Waals surface area contributed by atoms with Gasteiger partial charge in [0.15, 0.2) is 5.96 Å². The topological polar surface area (TPSA) is 92.9 Å². The summed E-state index contributed by atoms with van der Waals surface area (Å²) in [7, 11) is 1.82. The minimum absolute atomic E-state index is 0.236. The number of ether oxygens (including phenoxy) is 2. The van der Waals surface area contributed by atoms with Crippen LogP contribution < -0.4 is 10.6 Å². The molecule has 26 heavy (non-hydrogen) atoms. The minimum atomic E-state index is -1.07. The van der Waals surface area contributed by atoms with Crippen LogP contribution >= 0.6 is 0 Å².